The smallest absolute Gasteiger partial charge is 0.273 e. The van der Waals surface area contributed by atoms with Gasteiger partial charge in [-0.05, 0) is 6.42 Å². The van der Waals surface area contributed by atoms with Gasteiger partial charge < -0.3 is 15.2 Å². The number of rotatable bonds is 4. The van der Waals surface area contributed by atoms with E-state index in [1.165, 1.54) is 11.3 Å². The summed E-state index contributed by atoms with van der Waals surface area (Å²) in [6.07, 6.45) is 6.51. The molecule has 0 fully saturated rings. The molecule has 0 atom stereocenters. The van der Waals surface area contributed by atoms with Crippen molar-refractivity contribution < 1.29 is 4.79 Å². The maximum absolute atomic E-state index is 12.5. The third kappa shape index (κ3) is 3.36. The molecule has 0 bridgehead atoms. The van der Waals surface area contributed by atoms with Gasteiger partial charge in [0.2, 0.25) is 0 Å². The van der Waals surface area contributed by atoms with Crippen molar-refractivity contribution in [1.29, 1.82) is 0 Å². The molecule has 0 spiro atoms. The number of thiazole rings is 1. The highest BCUT2D eigenvalue weighted by Crippen LogP contribution is 2.21. The summed E-state index contributed by atoms with van der Waals surface area (Å²) in [5.41, 5.74) is 4.26. The molecule has 4 heterocycles. The number of fused-ring (bicyclic) bond motifs is 1. The number of hydrogen-bond donors (Lipinski definition) is 2. The van der Waals surface area contributed by atoms with Gasteiger partial charge >= 0.3 is 0 Å². The minimum atomic E-state index is -0.0212. The average Bonchev–Trinajstić information content (AvgIpc) is 3.30. The fourth-order valence-corrected chi connectivity index (χ4v) is 3.45. The molecule has 0 radical (unpaired) electrons. The Morgan fingerprint density at radius 2 is 2.16 bits per heavy atom. The van der Waals surface area contributed by atoms with Crippen molar-refractivity contribution >= 4 is 23.1 Å². The lowest BCUT2D eigenvalue weighted by Gasteiger charge is -2.18. The molecule has 2 N–H and O–H groups in total. The van der Waals surface area contributed by atoms with Crippen LogP contribution in [-0.4, -0.2) is 48.8 Å². The number of imidazole rings is 1. The number of aromatic nitrogens is 5. The molecule has 0 aromatic carbocycles. The van der Waals surface area contributed by atoms with Gasteiger partial charge in [0.25, 0.3) is 5.91 Å². The third-order valence-electron chi connectivity index (χ3n) is 4.20. The average molecular weight is 355 g/mol. The fraction of sp³-hybridized carbons (Fsp3) is 0.312. The molecule has 9 heteroatoms. The van der Waals surface area contributed by atoms with Crippen LogP contribution in [0.3, 0.4) is 0 Å². The lowest BCUT2D eigenvalue weighted by Crippen LogP contribution is -2.33. The Labute approximate surface area is 148 Å². The third-order valence-corrected chi connectivity index (χ3v) is 4.79. The van der Waals surface area contributed by atoms with Crippen LogP contribution >= 0.6 is 11.3 Å². The van der Waals surface area contributed by atoms with Gasteiger partial charge in [-0.25, -0.2) is 19.9 Å². The van der Waals surface area contributed by atoms with Crippen molar-refractivity contribution in [3.63, 3.8) is 0 Å². The van der Waals surface area contributed by atoms with Crippen LogP contribution in [-0.2, 0) is 19.4 Å². The Kier molecular flexibility index (Phi) is 4.38. The largest absolute Gasteiger partial charge is 0.363 e. The van der Waals surface area contributed by atoms with Crippen molar-refractivity contribution in [3.05, 3.63) is 52.4 Å². The number of hydrogen-bond acceptors (Lipinski definition) is 7. The summed E-state index contributed by atoms with van der Waals surface area (Å²) in [4.78, 5) is 34.6. The number of nitrogens with one attached hydrogen (secondary N) is 2. The highest BCUT2D eigenvalue weighted by Gasteiger charge is 2.23. The van der Waals surface area contributed by atoms with E-state index in [0.29, 0.717) is 38.2 Å². The van der Waals surface area contributed by atoms with Gasteiger partial charge in [0.15, 0.2) is 0 Å². The SMILES string of the molecule is O=C(c1cscn1)N1CCc2ncnc(NCc3ncc[nH]3)c2CC1. The zero-order valence-electron chi connectivity index (χ0n) is 13.5. The van der Waals surface area contributed by atoms with Gasteiger partial charge in [0, 0.05) is 42.8 Å². The number of aromatic amines is 1. The molecule has 0 aliphatic carbocycles. The van der Waals surface area contributed by atoms with Crippen molar-refractivity contribution in [1.82, 2.24) is 29.8 Å². The van der Waals surface area contributed by atoms with Crippen LogP contribution in [0.15, 0.2) is 29.6 Å². The van der Waals surface area contributed by atoms with Crippen LogP contribution in [0.1, 0.15) is 27.6 Å². The van der Waals surface area contributed by atoms with Crippen LogP contribution in [0.2, 0.25) is 0 Å². The van der Waals surface area contributed by atoms with Gasteiger partial charge in [0.1, 0.15) is 23.7 Å². The summed E-state index contributed by atoms with van der Waals surface area (Å²) in [5.74, 6) is 1.64. The van der Waals surface area contributed by atoms with Crippen molar-refractivity contribution in [2.75, 3.05) is 18.4 Å². The van der Waals surface area contributed by atoms with Gasteiger partial charge in [-0.15, -0.1) is 11.3 Å². The number of H-pyrrole nitrogens is 1. The number of anilines is 1. The summed E-state index contributed by atoms with van der Waals surface area (Å²) in [6.45, 7) is 1.84. The predicted octanol–water partition coefficient (Wildman–Crippen LogP) is 1.51. The first-order chi connectivity index (χ1) is 12.3. The molecule has 8 nitrogen and oxygen atoms in total. The standard InChI is InChI=1S/C16H17N7OS/c24-16(13-8-25-10-22-13)23-5-1-11-12(2-6-23)20-9-21-15(11)19-7-14-17-3-4-18-14/h3-4,8-10H,1-2,5-7H2,(H,17,18)(H,19,20,21). The molecule has 3 aromatic rings. The summed E-state index contributed by atoms with van der Waals surface area (Å²) < 4.78 is 0. The van der Waals surface area contributed by atoms with E-state index >= 15 is 0 Å². The molecule has 1 amide bonds. The van der Waals surface area contributed by atoms with Crippen LogP contribution in [0, 0.1) is 0 Å². The monoisotopic (exact) mass is 355 g/mol. The molecule has 128 valence electrons. The van der Waals surface area contributed by atoms with E-state index < -0.39 is 0 Å². The summed E-state index contributed by atoms with van der Waals surface area (Å²) in [7, 11) is 0. The van der Waals surface area contributed by atoms with Crippen LogP contribution in [0.5, 0.6) is 0 Å². The maximum atomic E-state index is 12.5. The van der Waals surface area contributed by atoms with E-state index in [2.05, 4.69) is 30.2 Å². The number of carbonyl (C=O) groups is 1. The second kappa shape index (κ2) is 6.98. The molecule has 1 aliphatic heterocycles. The fourth-order valence-electron chi connectivity index (χ4n) is 2.92. The second-order valence-electron chi connectivity index (χ2n) is 5.70. The lowest BCUT2D eigenvalue weighted by atomic mass is 10.1. The minimum absolute atomic E-state index is 0.0212. The Bertz CT molecular complexity index is 848. The number of nitrogens with zero attached hydrogens (tertiary/aromatic N) is 5. The van der Waals surface area contributed by atoms with Gasteiger partial charge in [-0.1, -0.05) is 0 Å². The highest BCUT2D eigenvalue weighted by molar-refractivity contribution is 7.07. The molecule has 0 saturated carbocycles. The minimum Gasteiger partial charge on any atom is -0.363 e. The van der Waals surface area contributed by atoms with Gasteiger partial charge in [-0.2, -0.15) is 0 Å². The topological polar surface area (TPSA) is 99.7 Å². The zero-order chi connectivity index (χ0) is 17.1. The molecule has 3 aromatic heterocycles. The van der Waals surface area contributed by atoms with Crippen LogP contribution in [0.4, 0.5) is 5.82 Å². The number of amides is 1. The van der Waals surface area contributed by atoms with Gasteiger partial charge in [0.05, 0.1) is 17.7 Å². The Morgan fingerprint density at radius 1 is 1.24 bits per heavy atom. The first-order valence-corrected chi connectivity index (χ1v) is 8.98. The van der Waals surface area contributed by atoms with E-state index in [4.69, 9.17) is 0 Å². The molecular weight excluding hydrogens is 338 g/mol. The van der Waals surface area contributed by atoms with Crippen LogP contribution < -0.4 is 5.32 Å². The summed E-state index contributed by atoms with van der Waals surface area (Å²) >= 11 is 1.43. The lowest BCUT2D eigenvalue weighted by molar-refractivity contribution is 0.0758. The van der Waals surface area contributed by atoms with Gasteiger partial charge in [-0.3, -0.25) is 4.79 Å². The normalized spacial score (nSPS) is 14.0. The molecule has 4 rings (SSSR count). The molecule has 0 unspecified atom stereocenters. The highest BCUT2D eigenvalue weighted by atomic mass is 32.1. The predicted molar refractivity (Wildman–Crippen MR) is 93.4 cm³/mol. The molecule has 25 heavy (non-hydrogen) atoms. The van der Waals surface area contributed by atoms with E-state index in [1.54, 1.807) is 29.6 Å². The summed E-state index contributed by atoms with van der Waals surface area (Å²) in [6, 6.07) is 0. The van der Waals surface area contributed by atoms with Crippen molar-refractivity contribution in [2.45, 2.75) is 19.4 Å². The molecular formula is C16H17N7OS. The zero-order valence-corrected chi connectivity index (χ0v) is 14.3. The Hall–Kier alpha value is -2.81. The first-order valence-electron chi connectivity index (χ1n) is 8.03. The maximum Gasteiger partial charge on any atom is 0.273 e. The van der Waals surface area contributed by atoms with Crippen molar-refractivity contribution in [2.24, 2.45) is 0 Å². The quantitative estimate of drug-likeness (QED) is 0.736. The van der Waals surface area contributed by atoms with E-state index in [-0.39, 0.29) is 5.91 Å². The van der Waals surface area contributed by atoms with E-state index in [0.717, 1.165) is 22.9 Å². The first kappa shape index (κ1) is 15.7. The molecule has 1 aliphatic rings. The van der Waals surface area contributed by atoms with Crippen molar-refractivity contribution in [3.8, 4) is 0 Å². The summed E-state index contributed by atoms with van der Waals surface area (Å²) in [5, 5.41) is 5.10. The Balaban J connectivity index is 1.49. The van der Waals surface area contributed by atoms with Crippen LogP contribution in [0.25, 0.3) is 0 Å². The second-order valence-corrected chi connectivity index (χ2v) is 6.42. The Morgan fingerprint density at radius 3 is 2.96 bits per heavy atom. The molecule has 0 saturated heterocycles. The van der Waals surface area contributed by atoms with E-state index in [9.17, 15) is 4.79 Å². The van der Waals surface area contributed by atoms with E-state index in [1.807, 2.05) is 4.90 Å². The number of carbonyl (C=O) groups excluding carboxylic acids is 1.